The van der Waals surface area contributed by atoms with E-state index in [4.69, 9.17) is 32.7 Å². The Morgan fingerprint density at radius 3 is 2.43 bits per heavy atom. The Morgan fingerprint density at radius 1 is 1.05 bits per heavy atom. The van der Waals surface area contributed by atoms with Crippen LogP contribution < -0.4 is 9.47 Å². The summed E-state index contributed by atoms with van der Waals surface area (Å²) in [5.74, 6) is 1.39. The van der Waals surface area contributed by atoms with Gasteiger partial charge in [-0.3, -0.25) is 0 Å². The molecular weight excluding hydrogens is 307 g/mol. The van der Waals surface area contributed by atoms with Gasteiger partial charge in [-0.15, -0.1) is 11.6 Å². The molecule has 0 aliphatic carbocycles. The maximum Gasteiger partial charge on any atom is 0.162 e. The molecule has 2 aromatic carbocycles. The summed E-state index contributed by atoms with van der Waals surface area (Å²) in [5, 5.41) is 0.301. The molecule has 0 saturated heterocycles. The second-order valence-corrected chi connectivity index (χ2v) is 5.78. The lowest BCUT2D eigenvalue weighted by atomic mass is 9.97. The van der Waals surface area contributed by atoms with Crippen LogP contribution in [0.15, 0.2) is 36.4 Å². The molecule has 4 heteroatoms. The maximum absolute atomic E-state index is 6.68. The quantitative estimate of drug-likeness (QED) is 0.740. The molecule has 1 unspecified atom stereocenters. The van der Waals surface area contributed by atoms with Gasteiger partial charge in [-0.25, -0.2) is 0 Å². The van der Waals surface area contributed by atoms with Gasteiger partial charge in [0.2, 0.25) is 0 Å². The van der Waals surface area contributed by atoms with Crippen molar-refractivity contribution in [1.29, 1.82) is 0 Å². The lowest BCUT2D eigenvalue weighted by Gasteiger charge is -2.22. The molecule has 0 aromatic heterocycles. The van der Waals surface area contributed by atoms with Crippen LogP contribution in [0.3, 0.4) is 0 Å². The molecule has 1 aliphatic heterocycles. The van der Waals surface area contributed by atoms with E-state index in [2.05, 4.69) is 13.0 Å². The largest absolute Gasteiger partial charge is 0.486 e. The summed E-state index contributed by atoms with van der Waals surface area (Å²) >= 11 is 13.1. The fourth-order valence-electron chi connectivity index (χ4n) is 2.54. The van der Waals surface area contributed by atoms with E-state index < -0.39 is 0 Å². The molecule has 0 fully saturated rings. The van der Waals surface area contributed by atoms with E-state index >= 15 is 0 Å². The van der Waals surface area contributed by atoms with E-state index in [1.807, 2.05) is 24.3 Å². The highest BCUT2D eigenvalue weighted by Crippen LogP contribution is 2.42. The van der Waals surface area contributed by atoms with Crippen LogP contribution in [0, 0.1) is 0 Å². The van der Waals surface area contributed by atoms with Crippen molar-refractivity contribution in [3.8, 4) is 11.5 Å². The van der Waals surface area contributed by atoms with Crippen LogP contribution in [0.2, 0.25) is 5.02 Å². The van der Waals surface area contributed by atoms with Gasteiger partial charge in [0.25, 0.3) is 0 Å². The SMILES string of the molecule is CCc1ccccc1C(Cl)c1cc2c(cc1Cl)OCCO2. The highest BCUT2D eigenvalue weighted by atomic mass is 35.5. The first-order chi connectivity index (χ1) is 10.2. The zero-order chi connectivity index (χ0) is 14.8. The minimum Gasteiger partial charge on any atom is -0.486 e. The molecule has 0 bridgehead atoms. The minimum absolute atomic E-state index is 0.301. The molecule has 0 saturated carbocycles. The van der Waals surface area contributed by atoms with Crippen molar-refractivity contribution in [2.75, 3.05) is 13.2 Å². The standard InChI is InChI=1S/C17H16Cl2O2/c1-2-11-5-3-4-6-12(11)17(19)13-9-15-16(10-14(13)18)21-8-7-20-15/h3-6,9-10,17H,2,7-8H2,1H3. The van der Waals surface area contributed by atoms with Crippen molar-refractivity contribution in [2.45, 2.75) is 18.7 Å². The van der Waals surface area contributed by atoms with Gasteiger partial charge in [0.1, 0.15) is 13.2 Å². The zero-order valence-electron chi connectivity index (χ0n) is 11.7. The third kappa shape index (κ3) is 2.83. The average molecular weight is 323 g/mol. The number of benzene rings is 2. The number of hydrogen-bond donors (Lipinski definition) is 0. The summed E-state index contributed by atoms with van der Waals surface area (Å²) < 4.78 is 11.2. The fraction of sp³-hybridized carbons (Fsp3) is 0.294. The number of rotatable bonds is 3. The zero-order valence-corrected chi connectivity index (χ0v) is 13.2. The molecule has 2 nitrogen and oxygen atoms in total. The number of aryl methyl sites for hydroxylation is 1. The molecule has 0 amide bonds. The van der Waals surface area contributed by atoms with E-state index in [1.165, 1.54) is 5.56 Å². The summed E-state index contributed by atoms with van der Waals surface area (Å²) in [6, 6.07) is 11.8. The van der Waals surface area contributed by atoms with Crippen LogP contribution in [-0.4, -0.2) is 13.2 Å². The molecule has 21 heavy (non-hydrogen) atoms. The lowest BCUT2D eigenvalue weighted by molar-refractivity contribution is 0.171. The molecule has 0 N–H and O–H groups in total. The summed E-state index contributed by atoms with van der Waals surface area (Å²) in [7, 11) is 0. The third-order valence-corrected chi connectivity index (χ3v) is 4.44. The number of alkyl halides is 1. The Labute approximate surface area is 134 Å². The van der Waals surface area contributed by atoms with Crippen LogP contribution in [0.4, 0.5) is 0 Å². The second kappa shape index (κ2) is 6.17. The first-order valence-corrected chi connectivity index (χ1v) is 7.83. The van der Waals surface area contributed by atoms with E-state index in [0.29, 0.717) is 29.7 Å². The van der Waals surface area contributed by atoms with Crippen molar-refractivity contribution in [2.24, 2.45) is 0 Å². The van der Waals surface area contributed by atoms with Crippen molar-refractivity contribution in [1.82, 2.24) is 0 Å². The van der Waals surface area contributed by atoms with E-state index in [9.17, 15) is 0 Å². The highest BCUT2D eigenvalue weighted by molar-refractivity contribution is 6.33. The normalized spacial score (nSPS) is 14.8. The van der Waals surface area contributed by atoms with Gasteiger partial charge in [-0.1, -0.05) is 42.8 Å². The van der Waals surface area contributed by atoms with Gasteiger partial charge in [0.05, 0.1) is 5.38 Å². The van der Waals surface area contributed by atoms with Crippen molar-refractivity contribution >= 4 is 23.2 Å². The lowest BCUT2D eigenvalue weighted by Crippen LogP contribution is -2.15. The highest BCUT2D eigenvalue weighted by Gasteiger charge is 2.21. The van der Waals surface area contributed by atoms with Gasteiger partial charge in [-0.05, 0) is 29.2 Å². The van der Waals surface area contributed by atoms with Gasteiger partial charge in [0.15, 0.2) is 11.5 Å². The molecule has 3 rings (SSSR count). The summed E-state index contributed by atoms with van der Waals surface area (Å²) in [6.45, 7) is 3.21. The first-order valence-electron chi connectivity index (χ1n) is 7.01. The van der Waals surface area contributed by atoms with Crippen molar-refractivity contribution < 1.29 is 9.47 Å². The maximum atomic E-state index is 6.68. The van der Waals surface area contributed by atoms with E-state index in [1.54, 1.807) is 6.07 Å². The van der Waals surface area contributed by atoms with Crippen molar-refractivity contribution in [3.05, 3.63) is 58.1 Å². The first kappa shape index (κ1) is 14.6. The Morgan fingerprint density at radius 2 is 1.71 bits per heavy atom. The van der Waals surface area contributed by atoms with Crippen LogP contribution >= 0.6 is 23.2 Å². The van der Waals surface area contributed by atoms with Gasteiger partial charge >= 0.3 is 0 Å². The average Bonchev–Trinajstić information content (AvgIpc) is 2.53. The topological polar surface area (TPSA) is 18.5 Å². The summed E-state index contributed by atoms with van der Waals surface area (Å²) in [4.78, 5) is 0. The number of hydrogen-bond acceptors (Lipinski definition) is 2. The predicted molar refractivity (Wildman–Crippen MR) is 86.0 cm³/mol. The van der Waals surface area contributed by atoms with Crippen LogP contribution in [-0.2, 0) is 6.42 Å². The van der Waals surface area contributed by atoms with Gasteiger partial charge < -0.3 is 9.47 Å². The molecular formula is C17H16Cl2O2. The summed E-state index contributed by atoms with van der Waals surface area (Å²) in [5.41, 5.74) is 3.16. The third-order valence-electron chi connectivity index (χ3n) is 3.64. The van der Waals surface area contributed by atoms with E-state index in [0.717, 1.165) is 17.5 Å². The van der Waals surface area contributed by atoms with E-state index in [-0.39, 0.29) is 5.38 Å². The Bertz CT molecular complexity index is 655. The van der Waals surface area contributed by atoms with Gasteiger partial charge in [-0.2, -0.15) is 0 Å². The number of halogens is 2. The van der Waals surface area contributed by atoms with Gasteiger partial charge in [0, 0.05) is 11.1 Å². The minimum atomic E-state index is -0.301. The van der Waals surface area contributed by atoms with Crippen molar-refractivity contribution in [3.63, 3.8) is 0 Å². The molecule has 110 valence electrons. The molecule has 1 atom stereocenters. The molecule has 1 heterocycles. The molecule has 1 aliphatic rings. The monoisotopic (exact) mass is 322 g/mol. The molecule has 0 spiro atoms. The fourth-order valence-corrected chi connectivity index (χ4v) is 3.26. The molecule has 2 aromatic rings. The molecule has 0 radical (unpaired) electrons. The predicted octanol–water partition coefficient (Wildman–Crippen LogP) is 5.00. The Balaban J connectivity index is 2.03. The number of ether oxygens (including phenoxy) is 2. The smallest absolute Gasteiger partial charge is 0.162 e. The van der Waals surface area contributed by atoms with Crippen LogP contribution in [0.5, 0.6) is 11.5 Å². The summed E-state index contributed by atoms with van der Waals surface area (Å²) in [6.07, 6.45) is 0.932. The Kier molecular flexibility index (Phi) is 4.27. The Hall–Kier alpha value is -1.38. The second-order valence-electron chi connectivity index (χ2n) is 4.93. The van der Waals surface area contributed by atoms with Crippen LogP contribution in [0.25, 0.3) is 0 Å². The van der Waals surface area contributed by atoms with Crippen LogP contribution in [0.1, 0.15) is 29.0 Å². The number of fused-ring (bicyclic) bond motifs is 1.